The predicted octanol–water partition coefficient (Wildman–Crippen LogP) is 5.85. The van der Waals surface area contributed by atoms with Gasteiger partial charge in [-0.05, 0) is 54.3 Å². The average molecular weight is 513 g/mol. The maximum Gasteiger partial charge on any atom is 0.261 e. The molecular formula is C28H30Cl2N2O3. The molecule has 0 aliphatic heterocycles. The van der Waals surface area contributed by atoms with Gasteiger partial charge < -0.3 is 15.0 Å². The molecule has 1 atom stereocenters. The number of hydrogen-bond acceptors (Lipinski definition) is 3. The predicted molar refractivity (Wildman–Crippen MR) is 141 cm³/mol. The Hall–Kier alpha value is -3.02. The molecule has 5 nitrogen and oxygen atoms in total. The largest absolute Gasteiger partial charge is 0.484 e. The van der Waals surface area contributed by atoms with Gasteiger partial charge in [0, 0.05) is 19.5 Å². The Bertz CT molecular complexity index is 1140. The van der Waals surface area contributed by atoms with Crippen molar-refractivity contribution in [2.24, 2.45) is 0 Å². The number of rotatable bonds is 11. The van der Waals surface area contributed by atoms with Gasteiger partial charge in [-0.2, -0.15) is 0 Å². The summed E-state index contributed by atoms with van der Waals surface area (Å²) in [7, 11) is 0. The van der Waals surface area contributed by atoms with Gasteiger partial charge in [0.2, 0.25) is 5.91 Å². The summed E-state index contributed by atoms with van der Waals surface area (Å²) in [5.74, 6) is 0.0905. The minimum absolute atomic E-state index is 0.184. The molecule has 7 heteroatoms. The number of carbonyl (C=O) groups is 2. The molecule has 0 aliphatic carbocycles. The summed E-state index contributed by atoms with van der Waals surface area (Å²) < 4.78 is 5.80. The van der Waals surface area contributed by atoms with Crippen LogP contribution in [0.25, 0.3) is 0 Å². The molecule has 0 fully saturated rings. The first-order chi connectivity index (χ1) is 16.9. The highest BCUT2D eigenvalue weighted by molar-refractivity contribution is 6.42. The second kappa shape index (κ2) is 13.2. The SMILES string of the molecule is CCCNC(=O)[C@H](Cc1ccccc1)N(Cc1ccc(Cl)c(Cl)c1)C(=O)COc1cccc(C)c1. The van der Waals surface area contributed by atoms with Crippen molar-refractivity contribution in [1.29, 1.82) is 0 Å². The van der Waals surface area contributed by atoms with Gasteiger partial charge >= 0.3 is 0 Å². The van der Waals surface area contributed by atoms with Crippen molar-refractivity contribution in [1.82, 2.24) is 10.2 Å². The molecule has 3 aromatic carbocycles. The Labute approximate surface area is 217 Å². The van der Waals surface area contributed by atoms with Crippen molar-refractivity contribution in [2.45, 2.75) is 39.3 Å². The molecule has 0 unspecified atom stereocenters. The first-order valence-electron chi connectivity index (χ1n) is 11.6. The molecule has 3 aromatic rings. The van der Waals surface area contributed by atoms with E-state index < -0.39 is 6.04 Å². The number of nitrogens with one attached hydrogen (secondary N) is 1. The molecule has 184 valence electrons. The maximum atomic E-state index is 13.5. The van der Waals surface area contributed by atoms with Gasteiger partial charge in [-0.15, -0.1) is 0 Å². The Morgan fingerprint density at radius 3 is 2.40 bits per heavy atom. The van der Waals surface area contributed by atoms with E-state index >= 15 is 0 Å². The summed E-state index contributed by atoms with van der Waals surface area (Å²) in [6.07, 6.45) is 1.16. The van der Waals surface area contributed by atoms with E-state index in [1.807, 2.05) is 62.4 Å². The number of aryl methyl sites for hydroxylation is 1. The van der Waals surface area contributed by atoms with Crippen LogP contribution in [-0.2, 0) is 22.6 Å². The van der Waals surface area contributed by atoms with Gasteiger partial charge in [0.25, 0.3) is 5.91 Å². The minimum atomic E-state index is -0.730. The third-order valence-electron chi connectivity index (χ3n) is 5.51. The van der Waals surface area contributed by atoms with Crippen LogP contribution < -0.4 is 10.1 Å². The van der Waals surface area contributed by atoms with E-state index in [0.717, 1.165) is 23.1 Å². The van der Waals surface area contributed by atoms with Crippen LogP contribution in [-0.4, -0.2) is 35.9 Å². The zero-order valence-corrected chi connectivity index (χ0v) is 21.5. The zero-order chi connectivity index (χ0) is 25.2. The van der Waals surface area contributed by atoms with E-state index in [4.69, 9.17) is 27.9 Å². The fourth-order valence-corrected chi connectivity index (χ4v) is 4.01. The van der Waals surface area contributed by atoms with E-state index in [1.54, 1.807) is 29.2 Å². The molecular weight excluding hydrogens is 483 g/mol. The topological polar surface area (TPSA) is 58.6 Å². The van der Waals surface area contributed by atoms with Gasteiger partial charge in [-0.3, -0.25) is 9.59 Å². The normalized spacial score (nSPS) is 11.5. The Morgan fingerprint density at radius 2 is 1.71 bits per heavy atom. The highest BCUT2D eigenvalue weighted by Gasteiger charge is 2.30. The van der Waals surface area contributed by atoms with Gasteiger partial charge in [0.15, 0.2) is 6.61 Å². The first-order valence-corrected chi connectivity index (χ1v) is 12.4. The Morgan fingerprint density at radius 1 is 0.943 bits per heavy atom. The number of amides is 2. The van der Waals surface area contributed by atoms with Crippen LogP contribution in [0.2, 0.25) is 10.0 Å². The molecule has 1 N–H and O–H groups in total. The summed E-state index contributed by atoms with van der Waals surface area (Å²) in [4.78, 5) is 28.4. The van der Waals surface area contributed by atoms with E-state index in [1.165, 1.54) is 0 Å². The van der Waals surface area contributed by atoms with Crippen molar-refractivity contribution in [3.05, 3.63) is 99.5 Å². The summed E-state index contributed by atoms with van der Waals surface area (Å²) in [5.41, 5.74) is 2.75. The smallest absolute Gasteiger partial charge is 0.261 e. The quantitative estimate of drug-likeness (QED) is 0.350. The third kappa shape index (κ3) is 8.01. The number of hydrogen-bond donors (Lipinski definition) is 1. The van der Waals surface area contributed by atoms with Crippen LogP contribution in [0.5, 0.6) is 5.75 Å². The lowest BCUT2D eigenvalue weighted by atomic mass is 10.0. The van der Waals surface area contributed by atoms with Crippen LogP contribution in [0.3, 0.4) is 0 Å². The van der Waals surface area contributed by atoms with Crippen LogP contribution >= 0.6 is 23.2 Å². The average Bonchev–Trinajstić information content (AvgIpc) is 2.86. The highest BCUT2D eigenvalue weighted by atomic mass is 35.5. The molecule has 3 rings (SSSR count). The molecule has 35 heavy (non-hydrogen) atoms. The molecule has 0 aromatic heterocycles. The van der Waals surface area contributed by atoms with Gasteiger partial charge in [0.05, 0.1) is 10.0 Å². The maximum absolute atomic E-state index is 13.5. The van der Waals surface area contributed by atoms with E-state index in [-0.39, 0.29) is 25.0 Å². The molecule has 0 bridgehead atoms. The summed E-state index contributed by atoms with van der Waals surface area (Å²) in [5, 5.41) is 3.77. The lowest BCUT2D eigenvalue weighted by Crippen LogP contribution is -2.51. The summed E-state index contributed by atoms with van der Waals surface area (Å²) >= 11 is 12.3. The fourth-order valence-electron chi connectivity index (χ4n) is 3.69. The number of nitrogens with zero attached hydrogens (tertiary/aromatic N) is 1. The highest BCUT2D eigenvalue weighted by Crippen LogP contribution is 2.24. The van der Waals surface area contributed by atoms with E-state index in [0.29, 0.717) is 28.8 Å². The van der Waals surface area contributed by atoms with Crippen molar-refractivity contribution < 1.29 is 14.3 Å². The van der Waals surface area contributed by atoms with Crippen LogP contribution in [0.1, 0.15) is 30.0 Å². The molecule has 0 saturated heterocycles. The van der Waals surface area contributed by atoms with Gasteiger partial charge in [-0.25, -0.2) is 0 Å². The lowest BCUT2D eigenvalue weighted by molar-refractivity contribution is -0.142. The Kier molecular flexibility index (Phi) is 10.0. The number of ether oxygens (including phenoxy) is 1. The molecule has 0 radical (unpaired) electrons. The lowest BCUT2D eigenvalue weighted by Gasteiger charge is -2.31. The molecule has 2 amide bonds. The van der Waals surface area contributed by atoms with Crippen LogP contribution in [0.15, 0.2) is 72.8 Å². The number of halogens is 2. The number of benzene rings is 3. The summed E-state index contributed by atoms with van der Waals surface area (Å²) in [6, 6.07) is 21.6. The molecule has 0 spiro atoms. The second-order valence-corrected chi connectivity index (χ2v) is 9.19. The standard InChI is InChI=1S/C28H30Cl2N2O3/c1-3-14-31-28(34)26(17-21-9-5-4-6-10-21)32(18-22-12-13-24(29)25(30)16-22)27(33)19-35-23-11-7-8-20(2)15-23/h4-13,15-16,26H,3,14,17-19H2,1-2H3,(H,31,34)/t26-/m0/s1. The van der Waals surface area contributed by atoms with Crippen molar-refractivity contribution in [3.63, 3.8) is 0 Å². The zero-order valence-electron chi connectivity index (χ0n) is 20.0. The molecule has 0 saturated carbocycles. The number of carbonyl (C=O) groups excluding carboxylic acids is 2. The monoisotopic (exact) mass is 512 g/mol. The van der Waals surface area contributed by atoms with Gasteiger partial charge in [-0.1, -0.05) is 78.7 Å². The molecule has 0 heterocycles. The molecule has 0 aliphatic rings. The fraction of sp³-hybridized carbons (Fsp3) is 0.286. The van der Waals surface area contributed by atoms with Crippen molar-refractivity contribution >= 4 is 35.0 Å². The van der Waals surface area contributed by atoms with Crippen LogP contribution in [0.4, 0.5) is 0 Å². The minimum Gasteiger partial charge on any atom is -0.484 e. The van der Waals surface area contributed by atoms with Crippen molar-refractivity contribution in [3.8, 4) is 5.75 Å². The first kappa shape index (κ1) is 26.6. The van der Waals surface area contributed by atoms with Crippen molar-refractivity contribution in [2.75, 3.05) is 13.2 Å². The third-order valence-corrected chi connectivity index (χ3v) is 6.25. The van der Waals surface area contributed by atoms with Gasteiger partial charge in [0.1, 0.15) is 11.8 Å². The Balaban J connectivity index is 1.91. The second-order valence-electron chi connectivity index (χ2n) is 8.37. The van der Waals surface area contributed by atoms with Crippen LogP contribution in [0, 0.1) is 6.92 Å². The summed E-state index contributed by atoms with van der Waals surface area (Å²) in [6.45, 7) is 4.46. The van der Waals surface area contributed by atoms with E-state index in [2.05, 4.69) is 5.32 Å². The van der Waals surface area contributed by atoms with E-state index in [9.17, 15) is 9.59 Å².